The Bertz CT molecular complexity index is 896. The number of alkyl carbamates (subject to hydrolysis) is 1. The normalized spacial score (nSPS) is 29.3. The number of rotatable bonds is 9. The lowest BCUT2D eigenvalue weighted by Crippen LogP contribution is -2.54. The number of sulfone groups is 1. The van der Waals surface area contributed by atoms with E-state index < -0.39 is 22.0 Å². The quantitative estimate of drug-likeness (QED) is 0.587. The molecule has 0 heterocycles. The largest absolute Gasteiger partial charge is 0.445 e. The Morgan fingerprint density at radius 3 is 2.22 bits per heavy atom. The van der Waals surface area contributed by atoms with Gasteiger partial charge in [0.15, 0.2) is 0 Å². The molecule has 2 N–H and O–H groups in total. The van der Waals surface area contributed by atoms with E-state index in [2.05, 4.69) is 10.6 Å². The molecule has 176 valence electrons. The van der Waals surface area contributed by atoms with Gasteiger partial charge in [0.2, 0.25) is 5.91 Å². The maximum absolute atomic E-state index is 13.0. The number of benzene rings is 1. The highest BCUT2D eigenvalue weighted by molar-refractivity contribution is 7.90. The molecule has 4 bridgehead atoms. The first kappa shape index (κ1) is 23.1. The van der Waals surface area contributed by atoms with Crippen LogP contribution in [0.1, 0.15) is 50.5 Å². The van der Waals surface area contributed by atoms with Gasteiger partial charge in [0.25, 0.3) is 0 Å². The third-order valence-corrected chi connectivity index (χ3v) is 8.38. The van der Waals surface area contributed by atoms with Crippen LogP contribution in [0.2, 0.25) is 0 Å². The van der Waals surface area contributed by atoms with Gasteiger partial charge < -0.3 is 15.4 Å². The molecular formula is C24H34N2O5S. The van der Waals surface area contributed by atoms with Crippen molar-refractivity contribution in [2.45, 2.75) is 57.6 Å². The Labute approximate surface area is 190 Å². The van der Waals surface area contributed by atoms with Gasteiger partial charge >= 0.3 is 6.09 Å². The van der Waals surface area contributed by atoms with Gasteiger partial charge in [-0.2, -0.15) is 0 Å². The molecule has 1 unspecified atom stereocenters. The Kier molecular flexibility index (Phi) is 6.79. The highest BCUT2D eigenvalue weighted by atomic mass is 32.2. The summed E-state index contributed by atoms with van der Waals surface area (Å²) in [4.78, 5) is 25.3. The van der Waals surface area contributed by atoms with E-state index >= 15 is 0 Å². The van der Waals surface area contributed by atoms with Crippen molar-refractivity contribution >= 4 is 21.8 Å². The van der Waals surface area contributed by atoms with Gasteiger partial charge in [-0.25, -0.2) is 13.2 Å². The van der Waals surface area contributed by atoms with E-state index in [-0.39, 0.29) is 30.1 Å². The zero-order valence-corrected chi connectivity index (χ0v) is 19.5. The molecular weight excluding hydrogens is 428 g/mol. The third kappa shape index (κ3) is 6.03. The summed E-state index contributed by atoms with van der Waals surface area (Å²) in [6, 6.07) is 8.31. The van der Waals surface area contributed by atoms with Crippen LogP contribution in [-0.4, -0.2) is 45.0 Å². The molecule has 0 radical (unpaired) electrons. The lowest BCUT2D eigenvalue weighted by Gasteiger charge is -2.57. The minimum atomic E-state index is -3.27. The van der Waals surface area contributed by atoms with E-state index in [0.29, 0.717) is 6.54 Å². The average molecular weight is 463 g/mol. The van der Waals surface area contributed by atoms with Gasteiger partial charge in [-0.3, -0.25) is 4.79 Å². The first-order chi connectivity index (χ1) is 15.2. The van der Waals surface area contributed by atoms with Crippen molar-refractivity contribution in [2.24, 2.45) is 23.2 Å². The number of hydrogen-bond donors (Lipinski definition) is 2. The topological polar surface area (TPSA) is 102 Å². The Morgan fingerprint density at radius 1 is 1.06 bits per heavy atom. The van der Waals surface area contributed by atoms with E-state index in [1.165, 1.54) is 38.5 Å². The summed E-state index contributed by atoms with van der Waals surface area (Å²) in [6.45, 7) is 0.686. The second-order valence-electron chi connectivity index (χ2n) is 10.3. The SMILES string of the molecule is CS(=O)(=O)CCC(NC(=O)OCc1ccccc1)C(=O)NCC12CC3CC(CC(C3)C1)C2. The minimum absolute atomic E-state index is 0.0198. The summed E-state index contributed by atoms with van der Waals surface area (Å²) in [5.74, 6) is 1.84. The summed E-state index contributed by atoms with van der Waals surface area (Å²) in [5.41, 5.74) is 1.00. The van der Waals surface area contributed by atoms with Gasteiger partial charge in [0.05, 0.1) is 5.75 Å². The van der Waals surface area contributed by atoms with Crippen molar-refractivity contribution in [2.75, 3.05) is 18.6 Å². The fourth-order valence-electron chi connectivity index (χ4n) is 6.41. The van der Waals surface area contributed by atoms with Crippen molar-refractivity contribution in [3.63, 3.8) is 0 Å². The van der Waals surface area contributed by atoms with Crippen LogP contribution in [0.15, 0.2) is 30.3 Å². The summed E-state index contributed by atoms with van der Waals surface area (Å²) in [5, 5.41) is 5.63. The Balaban J connectivity index is 1.33. The molecule has 1 aromatic rings. The molecule has 0 aliphatic heterocycles. The van der Waals surface area contributed by atoms with Crippen molar-refractivity contribution in [1.29, 1.82) is 0 Å². The van der Waals surface area contributed by atoms with Crippen LogP contribution in [-0.2, 0) is 26.0 Å². The first-order valence-corrected chi connectivity index (χ1v) is 13.7. The van der Waals surface area contributed by atoms with Gasteiger partial charge in [0, 0.05) is 12.8 Å². The molecule has 4 fully saturated rings. The molecule has 4 saturated carbocycles. The van der Waals surface area contributed by atoms with Crippen molar-refractivity contribution in [3.8, 4) is 0 Å². The molecule has 1 aromatic carbocycles. The van der Waals surface area contributed by atoms with Gasteiger partial charge in [-0.1, -0.05) is 30.3 Å². The molecule has 0 aromatic heterocycles. The van der Waals surface area contributed by atoms with Gasteiger partial charge in [-0.05, 0) is 73.7 Å². The standard InChI is InChI=1S/C24H34N2O5S/c1-32(29,30)8-7-21(26-23(28)31-15-17-5-3-2-4-6-17)22(27)25-16-24-12-18-9-19(13-24)11-20(10-18)14-24/h2-6,18-21H,7-16H2,1H3,(H,25,27)(H,26,28). The number of amides is 2. The van der Waals surface area contributed by atoms with Crippen molar-refractivity contribution in [3.05, 3.63) is 35.9 Å². The summed E-state index contributed by atoms with van der Waals surface area (Å²) in [7, 11) is -3.27. The summed E-state index contributed by atoms with van der Waals surface area (Å²) >= 11 is 0. The molecule has 8 heteroatoms. The second-order valence-corrected chi connectivity index (χ2v) is 12.6. The maximum Gasteiger partial charge on any atom is 0.408 e. The third-order valence-electron chi connectivity index (χ3n) is 7.40. The zero-order chi connectivity index (χ0) is 22.8. The number of carbonyl (C=O) groups excluding carboxylic acids is 2. The zero-order valence-electron chi connectivity index (χ0n) is 18.7. The Morgan fingerprint density at radius 2 is 1.66 bits per heavy atom. The molecule has 0 spiro atoms. The predicted octanol–water partition coefficient (Wildman–Crippen LogP) is 3.05. The van der Waals surface area contributed by atoms with Crippen LogP contribution in [0.3, 0.4) is 0 Å². The minimum Gasteiger partial charge on any atom is -0.445 e. The first-order valence-electron chi connectivity index (χ1n) is 11.6. The second kappa shape index (κ2) is 9.41. The summed E-state index contributed by atoms with van der Waals surface area (Å²) < 4.78 is 28.6. The molecule has 32 heavy (non-hydrogen) atoms. The fourth-order valence-corrected chi connectivity index (χ4v) is 7.08. The van der Waals surface area contributed by atoms with Crippen molar-refractivity contribution in [1.82, 2.24) is 10.6 Å². The number of carbonyl (C=O) groups is 2. The molecule has 7 nitrogen and oxygen atoms in total. The number of ether oxygens (including phenoxy) is 1. The average Bonchev–Trinajstić information content (AvgIpc) is 2.73. The van der Waals surface area contributed by atoms with E-state index in [1.807, 2.05) is 30.3 Å². The van der Waals surface area contributed by atoms with Crippen LogP contribution >= 0.6 is 0 Å². The summed E-state index contributed by atoms with van der Waals surface area (Å²) in [6.07, 6.45) is 7.92. The van der Waals surface area contributed by atoms with Crippen molar-refractivity contribution < 1.29 is 22.7 Å². The monoisotopic (exact) mass is 462 g/mol. The Hall–Kier alpha value is -2.09. The number of hydrogen-bond acceptors (Lipinski definition) is 5. The molecule has 4 aliphatic rings. The van der Waals surface area contributed by atoms with E-state index in [1.54, 1.807) is 0 Å². The highest BCUT2D eigenvalue weighted by Gasteiger charge is 2.50. The highest BCUT2D eigenvalue weighted by Crippen LogP contribution is 2.59. The van der Waals surface area contributed by atoms with E-state index in [0.717, 1.165) is 29.6 Å². The molecule has 1 atom stereocenters. The molecule has 2 amide bonds. The molecule has 4 aliphatic carbocycles. The predicted molar refractivity (Wildman–Crippen MR) is 121 cm³/mol. The molecule has 5 rings (SSSR count). The van der Waals surface area contributed by atoms with Crippen LogP contribution in [0, 0.1) is 23.2 Å². The van der Waals surface area contributed by atoms with Crippen LogP contribution in [0.25, 0.3) is 0 Å². The van der Waals surface area contributed by atoms with Crippen LogP contribution in [0.4, 0.5) is 4.79 Å². The molecule has 0 saturated heterocycles. The lowest BCUT2D eigenvalue weighted by molar-refractivity contribution is -0.125. The smallest absolute Gasteiger partial charge is 0.408 e. The van der Waals surface area contributed by atoms with E-state index in [9.17, 15) is 18.0 Å². The fraction of sp³-hybridized carbons (Fsp3) is 0.667. The van der Waals surface area contributed by atoms with Gasteiger partial charge in [0.1, 0.15) is 22.5 Å². The van der Waals surface area contributed by atoms with Gasteiger partial charge in [-0.15, -0.1) is 0 Å². The van der Waals surface area contributed by atoms with E-state index in [4.69, 9.17) is 4.74 Å². The lowest BCUT2D eigenvalue weighted by atomic mass is 9.49. The van der Waals surface area contributed by atoms with Crippen LogP contribution in [0.5, 0.6) is 0 Å². The van der Waals surface area contributed by atoms with Crippen LogP contribution < -0.4 is 10.6 Å². The number of nitrogens with one attached hydrogen (secondary N) is 2. The maximum atomic E-state index is 13.0.